The van der Waals surface area contributed by atoms with E-state index in [1.807, 2.05) is 0 Å². The molecule has 0 radical (unpaired) electrons. The molecule has 1 aromatic carbocycles. The molecule has 1 amide bonds. The first kappa shape index (κ1) is 14.4. The first-order chi connectivity index (χ1) is 8.45. The summed E-state index contributed by atoms with van der Waals surface area (Å²) in [6, 6.07) is 3.77. The maximum absolute atomic E-state index is 11.7. The maximum Gasteiger partial charge on any atom is 0.287 e. The van der Waals surface area contributed by atoms with Gasteiger partial charge in [0.15, 0.2) is 0 Å². The molecule has 7 heteroatoms. The van der Waals surface area contributed by atoms with Crippen LogP contribution in [0.2, 0.25) is 5.02 Å². The average molecular weight is 273 g/mol. The smallest absolute Gasteiger partial charge is 0.287 e. The number of aliphatic hydroxyl groups is 1. The third-order valence-electron chi connectivity index (χ3n) is 2.33. The molecule has 98 valence electrons. The Hall–Kier alpha value is -1.66. The summed E-state index contributed by atoms with van der Waals surface area (Å²) in [5.41, 5.74) is 0.00711. The number of carbonyl (C=O) groups is 1. The van der Waals surface area contributed by atoms with Crippen molar-refractivity contribution < 1.29 is 14.8 Å². The van der Waals surface area contributed by atoms with E-state index in [2.05, 4.69) is 5.32 Å². The second-order valence-electron chi connectivity index (χ2n) is 3.92. The molecule has 0 aromatic heterocycles. The van der Waals surface area contributed by atoms with Crippen LogP contribution in [-0.2, 0) is 0 Å². The highest BCUT2D eigenvalue weighted by atomic mass is 35.5. The van der Waals surface area contributed by atoms with Crippen molar-refractivity contribution in [3.63, 3.8) is 0 Å². The molecule has 0 saturated heterocycles. The summed E-state index contributed by atoms with van der Waals surface area (Å²) in [5, 5.41) is 21.9. The summed E-state index contributed by atoms with van der Waals surface area (Å²) in [6.45, 7) is 2.08. The standard InChI is InChI=1S/C11H13ClN2O4/c1-7(6-15)5-13-11(16)8-2-3-10(14(17)18)9(12)4-8/h2-4,7,15H,5-6H2,1H3,(H,13,16). The number of nitro benzene ring substituents is 1. The molecule has 2 N–H and O–H groups in total. The lowest BCUT2D eigenvalue weighted by Gasteiger charge is -2.09. The Labute approximate surface area is 109 Å². The zero-order valence-electron chi connectivity index (χ0n) is 9.72. The molecule has 1 aromatic rings. The van der Waals surface area contributed by atoms with Crippen molar-refractivity contribution in [2.45, 2.75) is 6.92 Å². The van der Waals surface area contributed by atoms with Gasteiger partial charge in [-0.05, 0) is 18.1 Å². The molecule has 0 heterocycles. The Morgan fingerprint density at radius 1 is 1.61 bits per heavy atom. The predicted octanol–water partition coefficient (Wildman–Crippen LogP) is 1.61. The third-order valence-corrected chi connectivity index (χ3v) is 2.63. The summed E-state index contributed by atoms with van der Waals surface area (Å²) in [7, 11) is 0. The monoisotopic (exact) mass is 272 g/mol. The molecule has 0 spiro atoms. The van der Waals surface area contributed by atoms with Gasteiger partial charge in [-0.3, -0.25) is 14.9 Å². The van der Waals surface area contributed by atoms with Crippen LogP contribution in [0.1, 0.15) is 17.3 Å². The number of nitrogens with zero attached hydrogens (tertiary/aromatic N) is 1. The number of amides is 1. The van der Waals surface area contributed by atoms with Crippen molar-refractivity contribution in [2.24, 2.45) is 5.92 Å². The fourth-order valence-corrected chi connectivity index (χ4v) is 1.48. The molecule has 1 rings (SSSR count). The molecule has 0 fully saturated rings. The van der Waals surface area contributed by atoms with Gasteiger partial charge in [0.1, 0.15) is 5.02 Å². The number of aliphatic hydroxyl groups excluding tert-OH is 1. The SMILES string of the molecule is CC(CO)CNC(=O)c1ccc([N+](=O)[O-])c(Cl)c1. The van der Waals surface area contributed by atoms with Gasteiger partial charge in [-0.25, -0.2) is 0 Å². The zero-order valence-corrected chi connectivity index (χ0v) is 10.5. The Morgan fingerprint density at radius 3 is 2.78 bits per heavy atom. The van der Waals surface area contributed by atoms with Gasteiger partial charge >= 0.3 is 0 Å². The number of hydrogen-bond acceptors (Lipinski definition) is 4. The average Bonchev–Trinajstić information content (AvgIpc) is 2.34. The fourth-order valence-electron chi connectivity index (χ4n) is 1.23. The van der Waals surface area contributed by atoms with Crippen LogP contribution in [0.5, 0.6) is 0 Å². The van der Waals surface area contributed by atoms with Crippen LogP contribution in [-0.4, -0.2) is 29.1 Å². The normalized spacial score (nSPS) is 11.9. The number of rotatable bonds is 5. The molecule has 1 unspecified atom stereocenters. The van der Waals surface area contributed by atoms with E-state index in [0.717, 1.165) is 0 Å². The van der Waals surface area contributed by atoms with Gasteiger partial charge in [0.05, 0.1) is 4.92 Å². The molecular weight excluding hydrogens is 260 g/mol. The van der Waals surface area contributed by atoms with E-state index in [-0.39, 0.29) is 34.7 Å². The first-order valence-electron chi connectivity index (χ1n) is 5.28. The van der Waals surface area contributed by atoms with E-state index in [1.54, 1.807) is 6.92 Å². The quantitative estimate of drug-likeness (QED) is 0.629. The van der Waals surface area contributed by atoms with Crippen molar-refractivity contribution in [3.05, 3.63) is 38.9 Å². The number of halogens is 1. The molecule has 1 atom stereocenters. The highest BCUT2D eigenvalue weighted by Crippen LogP contribution is 2.24. The van der Waals surface area contributed by atoms with Crippen LogP contribution in [0.25, 0.3) is 0 Å². The molecule has 0 aliphatic carbocycles. The topological polar surface area (TPSA) is 92.5 Å². The largest absolute Gasteiger partial charge is 0.396 e. The van der Waals surface area contributed by atoms with E-state index in [1.165, 1.54) is 18.2 Å². The summed E-state index contributed by atoms with van der Waals surface area (Å²) in [5.74, 6) is -0.436. The van der Waals surface area contributed by atoms with Crippen LogP contribution in [0.15, 0.2) is 18.2 Å². The van der Waals surface area contributed by atoms with Crippen LogP contribution in [0, 0.1) is 16.0 Å². The van der Waals surface area contributed by atoms with E-state index >= 15 is 0 Å². The van der Waals surface area contributed by atoms with Gasteiger partial charge in [0, 0.05) is 24.8 Å². The third kappa shape index (κ3) is 3.68. The van der Waals surface area contributed by atoms with Crippen molar-refractivity contribution in [2.75, 3.05) is 13.2 Å². The van der Waals surface area contributed by atoms with Crippen molar-refractivity contribution in [1.29, 1.82) is 0 Å². The summed E-state index contributed by atoms with van der Waals surface area (Å²) >= 11 is 5.70. The first-order valence-corrected chi connectivity index (χ1v) is 5.66. The molecular formula is C11H13ClN2O4. The van der Waals surface area contributed by atoms with E-state index < -0.39 is 4.92 Å². The fraction of sp³-hybridized carbons (Fsp3) is 0.364. The van der Waals surface area contributed by atoms with Crippen molar-refractivity contribution in [3.8, 4) is 0 Å². The molecule has 6 nitrogen and oxygen atoms in total. The van der Waals surface area contributed by atoms with Crippen LogP contribution >= 0.6 is 11.6 Å². The number of nitrogens with one attached hydrogen (secondary N) is 1. The van der Waals surface area contributed by atoms with Crippen LogP contribution in [0.3, 0.4) is 0 Å². The molecule has 0 aliphatic heterocycles. The molecule has 0 bridgehead atoms. The van der Waals surface area contributed by atoms with Gasteiger partial charge in [0.25, 0.3) is 11.6 Å². The minimum absolute atomic E-state index is 0.0265. The predicted molar refractivity (Wildman–Crippen MR) is 66.7 cm³/mol. The Bertz CT molecular complexity index is 464. The van der Waals surface area contributed by atoms with Gasteiger partial charge < -0.3 is 10.4 Å². The summed E-state index contributed by atoms with van der Waals surface area (Å²) in [6.07, 6.45) is 0. The lowest BCUT2D eigenvalue weighted by atomic mass is 10.1. The minimum atomic E-state index is -0.613. The summed E-state index contributed by atoms with van der Waals surface area (Å²) in [4.78, 5) is 21.6. The highest BCUT2D eigenvalue weighted by Gasteiger charge is 2.15. The van der Waals surface area contributed by atoms with Gasteiger partial charge in [-0.15, -0.1) is 0 Å². The summed E-state index contributed by atoms with van der Waals surface area (Å²) < 4.78 is 0. The minimum Gasteiger partial charge on any atom is -0.396 e. The second kappa shape index (κ2) is 6.32. The molecule has 0 aliphatic rings. The lowest BCUT2D eigenvalue weighted by Crippen LogP contribution is -2.29. The Morgan fingerprint density at radius 2 is 2.28 bits per heavy atom. The number of benzene rings is 1. The molecule has 0 saturated carbocycles. The number of nitro groups is 1. The second-order valence-corrected chi connectivity index (χ2v) is 4.33. The maximum atomic E-state index is 11.7. The van der Waals surface area contributed by atoms with E-state index in [0.29, 0.717) is 6.54 Å². The Kier molecular flexibility index (Phi) is 5.06. The van der Waals surface area contributed by atoms with Gasteiger partial charge in [-0.2, -0.15) is 0 Å². The van der Waals surface area contributed by atoms with E-state index in [4.69, 9.17) is 16.7 Å². The lowest BCUT2D eigenvalue weighted by molar-refractivity contribution is -0.384. The number of carbonyl (C=O) groups excluding carboxylic acids is 1. The van der Waals surface area contributed by atoms with E-state index in [9.17, 15) is 14.9 Å². The van der Waals surface area contributed by atoms with Crippen molar-refractivity contribution >= 4 is 23.2 Å². The highest BCUT2D eigenvalue weighted by molar-refractivity contribution is 6.33. The molecule has 18 heavy (non-hydrogen) atoms. The van der Waals surface area contributed by atoms with Crippen LogP contribution in [0.4, 0.5) is 5.69 Å². The number of hydrogen-bond donors (Lipinski definition) is 2. The zero-order chi connectivity index (χ0) is 13.7. The van der Waals surface area contributed by atoms with Crippen molar-refractivity contribution in [1.82, 2.24) is 5.32 Å². The van der Waals surface area contributed by atoms with Gasteiger partial charge in [0.2, 0.25) is 0 Å². The van der Waals surface area contributed by atoms with Crippen LogP contribution < -0.4 is 5.32 Å². The Balaban J connectivity index is 2.76. The van der Waals surface area contributed by atoms with Gasteiger partial charge in [-0.1, -0.05) is 18.5 Å².